The molecule has 8 heteroatoms. The molecule has 3 rings (SSSR count). The first-order valence-electron chi connectivity index (χ1n) is 7.79. The Balaban J connectivity index is 1.57. The molecule has 2 N–H and O–H groups in total. The van der Waals surface area contributed by atoms with E-state index in [1.165, 1.54) is 0 Å². The molecule has 0 aliphatic rings. The van der Waals surface area contributed by atoms with Gasteiger partial charge in [-0.1, -0.05) is 39.7 Å². The minimum Gasteiger partial charge on any atom is -0.483 e. The average Bonchev–Trinajstić information content (AvgIpc) is 2.66. The van der Waals surface area contributed by atoms with Crippen molar-refractivity contribution in [2.45, 2.75) is 0 Å². The molecule has 5 nitrogen and oxygen atoms in total. The molecule has 0 aromatic heterocycles. The zero-order valence-corrected chi connectivity index (χ0v) is 17.7. The van der Waals surface area contributed by atoms with Gasteiger partial charge in [0.1, 0.15) is 5.75 Å². The summed E-state index contributed by atoms with van der Waals surface area (Å²) in [4.78, 5) is 23.9. The maximum atomic E-state index is 11.9. The fourth-order valence-corrected chi connectivity index (χ4v) is 3.45. The number of ether oxygens (including phenoxy) is 1. The number of carbonyl (C=O) groups is 2. The van der Waals surface area contributed by atoms with E-state index in [1.54, 1.807) is 30.3 Å². The molecule has 3 aromatic rings. The predicted octanol–water partition coefficient (Wildman–Crippen LogP) is 4.86. The van der Waals surface area contributed by atoms with Crippen molar-refractivity contribution in [2.75, 3.05) is 6.61 Å². The van der Waals surface area contributed by atoms with Crippen molar-refractivity contribution in [2.24, 2.45) is 0 Å². The van der Waals surface area contributed by atoms with Crippen molar-refractivity contribution in [3.8, 4) is 5.75 Å². The highest BCUT2D eigenvalue weighted by molar-refractivity contribution is 9.11. The van der Waals surface area contributed by atoms with E-state index in [9.17, 15) is 9.59 Å². The summed E-state index contributed by atoms with van der Waals surface area (Å²) in [6.07, 6.45) is 0. The third kappa shape index (κ3) is 5.00. The monoisotopic (exact) mass is 510 g/mol. The minimum absolute atomic E-state index is 0.248. The van der Waals surface area contributed by atoms with Gasteiger partial charge < -0.3 is 4.74 Å². The maximum absolute atomic E-state index is 11.9. The second-order valence-corrected chi connectivity index (χ2v) is 7.69. The summed E-state index contributed by atoms with van der Waals surface area (Å²) in [5, 5.41) is 2.52. The zero-order valence-electron chi connectivity index (χ0n) is 13.8. The van der Waals surface area contributed by atoms with Crippen LogP contribution in [0.5, 0.6) is 5.75 Å². The molecule has 0 saturated carbocycles. The Kier molecular flexibility index (Phi) is 6.36. The smallest absolute Gasteiger partial charge is 0.276 e. The van der Waals surface area contributed by atoms with Gasteiger partial charge in [-0.2, -0.15) is 0 Å². The summed E-state index contributed by atoms with van der Waals surface area (Å²) in [6.45, 7) is -0.248. The molecule has 0 radical (unpaired) electrons. The zero-order chi connectivity index (χ0) is 19.4. The lowest BCUT2D eigenvalue weighted by molar-refractivity contribution is -0.123. The SMILES string of the molecule is O=C(COc1ccc2cc(Br)ccc2c1Br)NNC(=O)c1ccc(Cl)cc1. The van der Waals surface area contributed by atoms with Gasteiger partial charge in [-0.25, -0.2) is 0 Å². The van der Waals surface area contributed by atoms with Gasteiger partial charge in [-0.3, -0.25) is 20.4 Å². The van der Waals surface area contributed by atoms with Gasteiger partial charge in [0, 0.05) is 15.1 Å². The molecule has 0 spiro atoms. The molecule has 3 aromatic carbocycles. The normalized spacial score (nSPS) is 10.5. The third-order valence-electron chi connectivity index (χ3n) is 3.66. The van der Waals surface area contributed by atoms with Crippen LogP contribution in [0.4, 0.5) is 0 Å². The Bertz CT molecular complexity index is 1010. The van der Waals surface area contributed by atoms with Crippen LogP contribution in [0.1, 0.15) is 10.4 Å². The van der Waals surface area contributed by atoms with Crippen LogP contribution in [-0.2, 0) is 4.79 Å². The third-order valence-corrected chi connectivity index (χ3v) is 5.22. The highest BCUT2D eigenvalue weighted by Crippen LogP contribution is 2.34. The number of hydrazine groups is 1. The van der Waals surface area contributed by atoms with E-state index < -0.39 is 11.8 Å². The first-order valence-corrected chi connectivity index (χ1v) is 9.76. The highest BCUT2D eigenvalue weighted by Gasteiger charge is 2.11. The van der Waals surface area contributed by atoms with Gasteiger partial charge in [0.05, 0.1) is 4.47 Å². The van der Waals surface area contributed by atoms with Gasteiger partial charge in [0.2, 0.25) is 0 Å². The van der Waals surface area contributed by atoms with Crippen LogP contribution in [0, 0.1) is 0 Å². The van der Waals surface area contributed by atoms with Gasteiger partial charge >= 0.3 is 0 Å². The molecule has 0 saturated heterocycles. The van der Waals surface area contributed by atoms with E-state index in [0.717, 1.165) is 19.7 Å². The number of benzene rings is 3. The topological polar surface area (TPSA) is 67.4 Å². The lowest BCUT2D eigenvalue weighted by Crippen LogP contribution is -2.43. The maximum Gasteiger partial charge on any atom is 0.276 e. The first kappa shape index (κ1) is 19.7. The molecule has 0 aliphatic heterocycles. The number of carbonyl (C=O) groups excluding carboxylic acids is 2. The van der Waals surface area contributed by atoms with E-state index in [0.29, 0.717) is 16.3 Å². The van der Waals surface area contributed by atoms with Crippen LogP contribution >= 0.6 is 43.5 Å². The van der Waals surface area contributed by atoms with Crippen LogP contribution in [0.2, 0.25) is 5.02 Å². The Morgan fingerprint density at radius 2 is 1.70 bits per heavy atom. The summed E-state index contributed by atoms with van der Waals surface area (Å²) in [5.74, 6) is -0.401. The average molecular weight is 513 g/mol. The molecule has 0 fully saturated rings. The van der Waals surface area contributed by atoms with E-state index in [1.807, 2.05) is 24.3 Å². The van der Waals surface area contributed by atoms with Crippen molar-refractivity contribution >= 4 is 66.0 Å². The molecule has 0 heterocycles. The predicted molar refractivity (Wildman–Crippen MR) is 112 cm³/mol. The minimum atomic E-state index is -0.486. The van der Waals surface area contributed by atoms with Crippen molar-refractivity contribution in [3.63, 3.8) is 0 Å². The summed E-state index contributed by atoms with van der Waals surface area (Å²) in [5.41, 5.74) is 5.02. The van der Waals surface area contributed by atoms with Crippen LogP contribution in [0.3, 0.4) is 0 Å². The van der Waals surface area contributed by atoms with E-state index in [2.05, 4.69) is 42.7 Å². The fraction of sp³-hybridized carbons (Fsp3) is 0.0526. The first-order chi connectivity index (χ1) is 12.9. The van der Waals surface area contributed by atoms with Gasteiger partial charge in [0.25, 0.3) is 11.8 Å². The second kappa shape index (κ2) is 8.73. The quantitative estimate of drug-likeness (QED) is 0.491. The van der Waals surface area contributed by atoms with E-state index in [4.69, 9.17) is 16.3 Å². The number of rotatable bonds is 4. The molecule has 138 valence electrons. The summed E-state index contributed by atoms with van der Waals surface area (Å²) >= 11 is 12.7. The molecular formula is C19H13Br2ClN2O3. The van der Waals surface area contributed by atoms with Crippen LogP contribution in [-0.4, -0.2) is 18.4 Å². The molecular weight excluding hydrogens is 499 g/mol. The second-order valence-electron chi connectivity index (χ2n) is 5.54. The van der Waals surface area contributed by atoms with Crippen molar-refractivity contribution in [1.29, 1.82) is 0 Å². The molecule has 0 unspecified atom stereocenters. The summed E-state index contributed by atoms with van der Waals surface area (Å²) in [7, 11) is 0. The number of fused-ring (bicyclic) bond motifs is 1. The Labute approximate surface area is 177 Å². The van der Waals surface area contributed by atoms with Crippen LogP contribution in [0.25, 0.3) is 10.8 Å². The van der Waals surface area contributed by atoms with Crippen molar-refractivity contribution in [1.82, 2.24) is 10.9 Å². The van der Waals surface area contributed by atoms with Crippen LogP contribution in [0.15, 0.2) is 63.5 Å². The molecule has 0 atom stereocenters. The lowest BCUT2D eigenvalue weighted by atomic mass is 10.1. The molecule has 2 amide bonds. The van der Waals surface area contributed by atoms with Gasteiger partial charge in [-0.15, -0.1) is 0 Å². The lowest BCUT2D eigenvalue weighted by Gasteiger charge is -2.11. The Morgan fingerprint density at radius 3 is 2.44 bits per heavy atom. The number of hydrogen-bond donors (Lipinski definition) is 2. The Hall–Kier alpha value is -2.09. The van der Waals surface area contributed by atoms with E-state index in [-0.39, 0.29) is 6.61 Å². The highest BCUT2D eigenvalue weighted by atomic mass is 79.9. The Morgan fingerprint density at radius 1 is 0.963 bits per heavy atom. The number of hydrogen-bond acceptors (Lipinski definition) is 3. The standard InChI is InChI=1S/C19H13Br2ClN2O3/c20-13-4-7-15-12(9-13)3-8-16(18(15)21)27-10-17(25)23-24-19(26)11-1-5-14(22)6-2-11/h1-9H,10H2,(H,23,25)(H,24,26). The molecule has 0 bridgehead atoms. The number of amides is 2. The van der Waals surface area contributed by atoms with E-state index >= 15 is 0 Å². The fourth-order valence-electron chi connectivity index (χ4n) is 2.33. The largest absolute Gasteiger partial charge is 0.483 e. The molecule has 0 aliphatic carbocycles. The summed E-state index contributed by atoms with van der Waals surface area (Å²) in [6, 6.07) is 15.9. The van der Waals surface area contributed by atoms with Crippen LogP contribution < -0.4 is 15.6 Å². The van der Waals surface area contributed by atoms with Crippen molar-refractivity contribution in [3.05, 3.63) is 74.1 Å². The van der Waals surface area contributed by atoms with Gasteiger partial charge in [0.15, 0.2) is 6.61 Å². The molecule has 27 heavy (non-hydrogen) atoms. The summed E-state index contributed by atoms with van der Waals surface area (Å²) < 4.78 is 7.28. The number of halogens is 3. The van der Waals surface area contributed by atoms with Gasteiger partial charge in [-0.05, 0) is 69.2 Å². The van der Waals surface area contributed by atoms with Crippen molar-refractivity contribution < 1.29 is 14.3 Å². The number of nitrogens with one attached hydrogen (secondary N) is 2.